The van der Waals surface area contributed by atoms with Crippen molar-refractivity contribution >= 4 is 43.7 Å². The summed E-state index contributed by atoms with van der Waals surface area (Å²) < 4.78 is 1.11. The van der Waals surface area contributed by atoms with Gasteiger partial charge < -0.3 is 5.32 Å². The molecule has 1 N–H and O–H groups in total. The van der Waals surface area contributed by atoms with E-state index in [-0.39, 0.29) is 6.04 Å². The molecule has 0 amide bonds. The molecular weight excluding hydrogens is 332 g/mol. The Morgan fingerprint density at radius 3 is 2.65 bits per heavy atom. The lowest BCUT2D eigenvalue weighted by molar-refractivity contribution is 0.846. The summed E-state index contributed by atoms with van der Waals surface area (Å²) in [5, 5.41) is 9.21. The molecule has 0 fully saturated rings. The van der Waals surface area contributed by atoms with E-state index in [1.54, 1.807) is 11.3 Å². The summed E-state index contributed by atoms with van der Waals surface area (Å²) in [6, 6.07) is 13.0. The zero-order chi connectivity index (χ0) is 14.1. The summed E-state index contributed by atoms with van der Waals surface area (Å²) in [5.41, 5.74) is 2.22. The van der Waals surface area contributed by atoms with Gasteiger partial charge in [-0.25, -0.2) is 4.98 Å². The number of rotatable bonds is 3. The normalized spacial score (nSPS) is 12.6. The van der Waals surface area contributed by atoms with Gasteiger partial charge in [-0.15, -0.1) is 11.3 Å². The topological polar surface area (TPSA) is 24.9 Å². The van der Waals surface area contributed by atoms with Crippen molar-refractivity contribution in [3.05, 3.63) is 57.0 Å². The molecule has 4 heteroatoms. The molecule has 2 nitrogen and oxygen atoms in total. The number of halogens is 1. The molecule has 0 saturated heterocycles. The van der Waals surface area contributed by atoms with Crippen molar-refractivity contribution in [2.45, 2.75) is 19.9 Å². The molecule has 3 aromatic rings. The fraction of sp³-hybridized carbons (Fsp3) is 0.188. The fourth-order valence-electron chi connectivity index (χ4n) is 2.21. The average molecular weight is 347 g/mol. The quantitative estimate of drug-likeness (QED) is 0.673. The highest BCUT2D eigenvalue weighted by Gasteiger charge is 2.08. The second kappa shape index (κ2) is 5.54. The highest BCUT2D eigenvalue weighted by molar-refractivity contribution is 9.10. The third-order valence-electron chi connectivity index (χ3n) is 3.27. The molecule has 1 heterocycles. The molecule has 3 rings (SSSR count). The number of thiazole rings is 1. The average Bonchev–Trinajstić information content (AvgIpc) is 2.86. The van der Waals surface area contributed by atoms with Crippen LogP contribution in [0.5, 0.6) is 0 Å². The van der Waals surface area contributed by atoms with Crippen molar-refractivity contribution in [2.24, 2.45) is 0 Å². The largest absolute Gasteiger partial charge is 0.377 e. The standard InChI is InChI=1S/C16H15BrN2S/c1-10(16-9-20-11(2)19-16)18-15-6-4-12-7-14(17)5-3-13(12)8-15/h3-10,18H,1-2H3. The molecule has 1 atom stereocenters. The summed E-state index contributed by atoms with van der Waals surface area (Å²) in [6.07, 6.45) is 0. The van der Waals surface area contributed by atoms with Gasteiger partial charge in [-0.3, -0.25) is 0 Å². The monoisotopic (exact) mass is 346 g/mol. The molecule has 0 spiro atoms. The summed E-state index contributed by atoms with van der Waals surface area (Å²) in [6.45, 7) is 4.18. The van der Waals surface area contributed by atoms with Crippen LogP contribution < -0.4 is 5.32 Å². The lowest BCUT2D eigenvalue weighted by Crippen LogP contribution is -2.06. The van der Waals surface area contributed by atoms with Crippen molar-refractivity contribution in [3.8, 4) is 0 Å². The summed E-state index contributed by atoms with van der Waals surface area (Å²) >= 11 is 5.19. The van der Waals surface area contributed by atoms with Crippen molar-refractivity contribution in [1.82, 2.24) is 4.98 Å². The molecule has 0 radical (unpaired) electrons. The van der Waals surface area contributed by atoms with E-state index in [9.17, 15) is 0 Å². The molecule has 2 aromatic carbocycles. The molecule has 0 saturated carbocycles. The first-order valence-corrected chi connectivity index (χ1v) is 8.17. The third-order valence-corrected chi connectivity index (χ3v) is 4.55. The molecule has 102 valence electrons. The zero-order valence-electron chi connectivity index (χ0n) is 11.4. The first-order chi connectivity index (χ1) is 9.61. The summed E-state index contributed by atoms with van der Waals surface area (Å²) in [5.74, 6) is 0. The van der Waals surface area contributed by atoms with Gasteiger partial charge >= 0.3 is 0 Å². The number of nitrogens with zero attached hydrogens (tertiary/aromatic N) is 1. The van der Waals surface area contributed by atoms with E-state index >= 15 is 0 Å². The number of hydrogen-bond donors (Lipinski definition) is 1. The van der Waals surface area contributed by atoms with E-state index < -0.39 is 0 Å². The Labute approximate surface area is 131 Å². The minimum absolute atomic E-state index is 0.216. The van der Waals surface area contributed by atoms with Gasteiger partial charge in [-0.2, -0.15) is 0 Å². The number of benzene rings is 2. The van der Waals surface area contributed by atoms with Gasteiger partial charge in [0.25, 0.3) is 0 Å². The molecular formula is C16H15BrN2S. The Bertz CT molecular complexity index is 751. The van der Waals surface area contributed by atoms with Gasteiger partial charge in [0.2, 0.25) is 0 Å². The second-order valence-electron chi connectivity index (χ2n) is 4.86. The van der Waals surface area contributed by atoms with Gasteiger partial charge in [0.05, 0.1) is 16.7 Å². The van der Waals surface area contributed by atoms with Crippen LogP contribution in [0.4, 0.5) is 5.69 Å². The maximum atomic E-state index is 4.53. The molecule has 0 aliphatic heterocycles. The smallest absolute Gasteiger partial charge is 0.0898 e. The summed E-state index contributed by atoms with van der Waals surface area (Å²) in [7, 11) is 0. The molecule has 1 unspecified atom stereocenters. The van der Waals surface area contributed by atoms with Gasteiger partial charge in [0, 0.05) is 15.5 Å². The number of hydrogen-bond acceptors (Lipinski definition) is 3. The van der Waals surface area contributed by atoms with Gasteiger partial charge in [-0.05, 0) is 48.9 Å². The highest BCUT2D eigenvalue weighted by atomic mass is 79.9. The highest BCUT2D eigenvalue weighted by Crippen LogP contribution is 2.26. The second-order valence-corrected chi connectivity index (χ2v) is 6.84. The minimum atomic E-state index is 0.216. The molecule has 0 aliphatic rings. The van der Waals surface area contributed by atoms with Crippen LogP contribution in [-0.2, 0) is 0 Å². The van der Waals surface area contributed by atoms with E-state index in [2.05, 4.69) is 74.9 Å². The van der Waals surface area contributed by atoms with Crippen LogP contribution in [0.25, 0.3) is 10.8 Å². The van der Waals surface area contributed by atoms with Crippen molar-refractivity contribution in [1.29, 1.82) is 0 Å². The lowest BCUT2D eigenvalue weighted by atomic mass is 10.1. The Morgan fingerprint density at radius 1 is 1.15 bits per heavy atom. The Morgan fingerprint density at radius 2 is 1.90 bits per heavy atom. The first kappa shape index (κ1) is 13.6. The number of aryl methyl sites for hydroxylation is 1. The lowest BCUT2D eigenvalue weighted by Gasteiger charge is -2.13. The third kappa shape index (κ3) is 2.86. The number of aromatic nitrogens is 1. The van der Waals surface area contributed by atoms with Crippen LogP contribution in [-0.4, -0.2) is 4.98 Å². The fourth-order valence-corrected chi connectivity index (χ4v) is 3.29. The number of anilines is 1. The SMILES string of the molecule is Cc1nc(C(C)Nc2ccc3cc(Br)ccc3c2)cs1. The molecule has 1 aromatic heterocycles. The first-order valence-electron chi connectivity index (χ1n) is 6.50. The number of nitrogens with one attached hydrogen (secondary N) is 1. The predicted octanol–water partition coefficient (Wildman–Crippen LogP) is 5.54. The summed E-state index contributed by atoms with van der Waals surface area (Å²) in [4.78, 5) is 4.53. The van der Waals surface area contributed by atoms with Crippen LogP contribution in [0.3, 0.4) is 0 Å². The van der Waals surface area contributed by atoms with Gasteiger partial charge in [0.1, 0.15) is 0 Å². The number of fused-ring (bicyclic) bond motifs is 1. The van der Waals surface area contributed by atoms with Crippen LogP contribution >= 0.6 is 27.3 Å². The Kier molecular flexibility index (Phi) is 3.76. The molecule has 20 heavy (non-hydrogen) atoms. The van der Waals surface area contributed by atoms with E-state index in [1.807, 2.05) is 6.92 Å². The van der Waals surface area contributed by atoms with Crippen molar-refractivity contribution in [2.75, 3.05) is 5.32 Å². The maximum Gasteiger partial charge on any atom is 0.0898 e. The van der Waals surface area contributed by atoms with E-state index in [0.717, 1.165) is 20.9 Å². The molecule has 0 bridgehead atoms. The van der Waals surface area contributed by atoms with Gasteiger partial charge in [-0.1, -0.05) is 28.1 Å². The van der Waals surface area contributed by atoms with E-state index in [1.165, 1.54) is 10.8 Å². The van der Waals surface area contributed by atoms with E-state index in [4.69, 9.17) is 0 Å². The van der Waals surface area contributed by atoms with Crippen LogP contribution in [0.2, 0.25) is 0 Å². The zero-order valence-corrected chi connectivity index (χ0v) is 13.8. The van der Waals surface area contributed by atoms with Crippen LogP contribution in [0.15, 0.2) is 46.3 Å². The van der Waals surface area contributed by atoms with Gasteiger partial charge in [0.15, 0.2) is 0 Å². The van der Waals surface area contributed by atoms with Crippen molar-refractivity contribution in [3.63, 3.8) is 0 Å². The van der Waals surface area contributed by atoms with Crippen LogP contribution in [0.1, 0.15) is 23.7 Å². The maximum absolute atomic E-state index is 4.53. The van der Waals surface area contributed by atoms with Crippen molar-refractivity contribution < 1.29 is 0 Å². The van der Waals surface area contributed by atoms with E-state index in [0.29, 0.717) is 0 Å². The Hall–Kier alpha value is -1.39. The minimum Gasteiger partial charge on any atom is -0.377 e. The Balaban J connectivity index is 1.85. The van der Waals surface area contributed by atoms with Crippen LogP contribution in [0, 0.1) is 6.92 Å². The predicted molar refractivity (Wildman–Crippen MR) is 90.5 cm³/mol. The molecule has 0 aliphatic carbocycles.